The number of rotatable bonds is 5. The average Bonchev–Trinajstić information content (AvgIpc) is 2.47. The summed E-state index contributed by atoms with van der Waals surface area (Å²) in [6, 6.07) is 11.9. The standard InChI is InChI=1S/C17H19FO3/c1-17(19,13-5-4-6-14(10-13)20-2)11-12-7-8-16(21-3)15(18)9-12/h4-10,19H,11H2,1-3H3. The number of ether oxygens (including phenoxy) is 2. The van der Waals surface area contributed by atoms with Gasteiger partial charge in [0.25, 0.3) is 0 Å². The normalized spacial score (nSPS) is 13.6. The fraction of sp³-hybridized carbons (Fsp3) is 0.294. The van der Waals surface area contributed by atoms with E-state index in [2.05, 4.69) is 0 Å². The van der Waals surface area contributed by atoms with Crippen molar-refractivity contribution >= 4 is 0 Å². The Kier molecular flexibility index (Phi) is 4.48. The Morgan fingerprint density at radius 3 is 2.48 bits per heavy atom. The summed E-state index contributed by atoms with van der Waals surface area (Å²) < 4.78 is 23.8. The molecule has 0 saturated carbocycles. The first-order chi connectivity index (χ1) is 9.96. The van der Waals surface area contributed by atoms with E-state index in [1.54, 1.807) is 32.2 Å². The monoisotopic (exact) mass is 290 g/mol. The van der Waals surface area contributed by atoms with Crippen LogP contribution in [0.15, 0.2) is 42.5 Å². The summed E-state index contributed by atoms with van der Waals surface area (Å²) in [5, 5.41) is 10.7. The van der Waals surface area contributed by atoms with Crippen LogP contribution in [-0.2, 0) is 12.0 Å². The largest absolute Gasteiger partial charge is 0.497 e. The zero-order chi connectivity index (χ0) is 15.5. The number of methoxy groups -OCH3 is 2. The minimum Gasteiger partial charge on any atom is -0.497 e. The Hall–Kier alpha value is -2.07. The molecule has 0 aliphatic carbocycles. The summed E-state index contributed by atoms with van der Waals surface area (Å²) in [4.78, 5) is 0. The van der Waals surface area contributed by atoms with Crippen molar-refractivity contribution < 1.29 is 19.0 Å². The Bertz CT molecular complexity index is 623. The molecule has 0 aliphatic rings. The number of aliphatic hydroxyl groups is 1. The first kappa shape index (κ1) is 15.3. The lowest BCUT2D eigenvalue weighted by Gasteiger charge is -2.24. The van der Waals surface area contributed by atoms with Gasteiger partial charge < -0.3 is 14.6 Å². The van der Waals surface area contributed by atoms with E-state index in [-0.39, 0.29) is 5.75 Å². The Labute approximate surface area is 124 Å². The lowest BCUT2D eigenvalue weighted by molar-refractivity contribution is 0.0573. The summed E-state index contributed by atoms with van der Waals surface area (Å²) in [6.45, 7) is 1.70. The van der Waals surface area contributed by atoms with Gasteiger partial charge in [0.2, 0.25) is 0 Å². The van der Waals surface area contributed by atoms with Gasteiger partial charge in [-0.1, -0.05) is 18.2 Å². The van der Waals surface area contributed by atoms with E-state index in [1.807, 2.05) is 18.2 Å². The van der Waals surface area contributed by atoms with Gasteiger partial charge in [0.15, 0.2) is 11.6 Å². The quantitative estimate of drug-likeness (QED) is 0.918. The van der Waals surface area contributed by atoms with Crippen molar-refractivity contribution in [3.05, 3.63) is 59.4 Å². The fourth-order valence-corrected chi connectivity index (χ4v) is 2.28. The van der Waals surface area contributed by atoms with Crippen molar-refractivity contribution in [1.29, 1.82) is 0 Å². The summed E-state index contributed by atoms with van der Waals surface area (Å²) in [6.07, 6.45) is 0.293. The maximum atomic E-state index is 13.7. The van der Waals surface area contributed by atoms with E-state index in [1.165, 1.54) is 13.2 Å². The average molecular weight is 290 g/mol. The molecule has 2 aromatic rings. The molecule has 0 aliphatic heterocycles. The van der Waals surface area contributed by atoms with Crippen molar-refractivity contribution in [2.75, 3.05) is 14.2 Å². The van der Waals surface area contributed by atoms with Crippen LogP contribution in [0.5, 0.6) is 11.5 Å². The van der Waals surface area contributed by atoms with Crippen LogP contribution in [0.2, 0.25) is 0 Å². The zero-order valence-corrected chi connectivity index (χ0v) is 12.4. The third-order valence-corrected chi connectivity index (χ3v) is 3.46. The van der Waals surface area contributed by atoms with Crippen molar-refractivity contribution in [2.24, 2.45) is 0 Å². The molecular weight excluding hydrogens is 271 g/mol. The third-order valence-electron chi connectivity index (χ3n) is 3.46. The molecule has 0 spiro atoms. The molecule has 112 valence electrons. The van der Waals surface area contributed by atoms with Crippen LogP contribution in [0.4, 0.5) is 4.39 Å². The molecule has 2 rings (SSSR count). The van der Waals surface area contributed by atoms with Crippen molar-refractivity contribution in [2.45, 2.75) is 18.9 Å². The van der Waals surface area contributed by atoms with Gasteiger partial charge in [-0.3, -0.25) is 0 Å². The van der Waals surface area contributed by atoms with Gasteiger partial charge in [-0.05, 0) is 42.3 Å². The molecule has 1 N–H and O–H groups in total. The van der Waals surface area contributed by atoms with Crippen LogP contribution in [-0.4, -0.2) is 19.3 Å². The molecule has 1 atom stereocenters. The summed E-state index contributed by atoms with van der Waals surface area (Å²) in [7, 11) is 3.00. The predicted molar refractivity (Wildman–Crippen MR) is 79.2 cm³/mol. The van der Waals surface area contributed by atoms with Gasteiger partial charge >= 0.3 is 0 Å². The lowest BCUT2D eigenvalue weighted by Crippen LogP contribution is -2.24. The maximum Gasteiger partial charge on any atom is 0.165 e. The Balaban J connectivity index is 2.25. The highest BCUT2D eigenvalue weighted by molar-refractivity contribution is 5.35. The van der Waals surface area contributed by atoms with Gasteiger partial charge in [-0.15, -0.1) is 0 Å². The molecule has 3 nitrogen and oxygen atoms in total. The first-order valence-corrected chi connectivity index (χ1v) is 6.65. The number of hydrogen-bond acceptors (Lipinski definition) is 3. The van der Waals surface area contributed by atoms with Gasteiger partial charge in [0, 0.05) is 6.42 Å². The van der Waals surface area contributed by atoms with E-state index in [4.69, 9.17) is 9.47 Å². The van der Waals surface area contributed by atoms with Gasteiger partial charge in [0.1, 0.15) is 5.75 Å². The second-order valence-electron chi connectivity index (χ2n) is 5.15. The van der Waals surface area contributed by atoms with E-state index < -0.39 is 11.4 Å². The highest BCUT2D eigenvalue weighted by Gasteiger charge is 2.24. The third kappa shape index (κ3) is 3.52. The van der Waals surface area contributed by atoms with Crippen molar-refractivity contribution in [3.8, 4) is 11.5 Å². The smallest absolute Gasteiger partial charge is 0.165 e. The molecule has 0 amide bonds. The number of benzene rings is 2. The number of hydrogen-bond donors (Lipinski definition) is 1. The minimum absolute atomic E-state index is 0.194. The van der Waals surface area contributed by atoms with E-state index in [0.717, 1.165) is 5.56 Å². The molecule has 0 aromatic heterocycles. The van der Waals surface area contributed by atoms with Gasteiger partial charge in [0.05, 0.1) is 19.8 Å². The van der Waals surface area contributed by atoms with Crippen LogP contribution in [0.3, 0.4) is 0 Å². The van der Waals surface area contributed by atoms with E-state index >= 15 is 0 Å². The lowest BCUT2D eigenvalue weighted by atomic mass is 9.89. The SMILES string of the molecule is COc1cccc(C(C)(O)Cc2ccc(OC)c(F)c2)c1. The number of halogens is 1. The molecule has 0 saturated heterocycles. The molecule has 1 unspecified atom stereocenters. The van der Waals surface area contributed by atoms with Crippen LogP contribution in [0.1, 0.15) is 18.1 Å². The molecular formula is C17H19FO3. The Morgan fingerprint density at radius 1 is 1.10 bits per heavy atom. The van der Waals surface area contributed by atoms with Crippen molar-refractivity contribution in [1.82, 2.24) is 0 Å². The van der Waals surface area contributed by atoms with Crippen molar-refractivity contribution in [3.63, 3.8) is 0 Å². The molecule has 0 radical (unpaired) electrons. The first-order valence-electron chi connectivity index (χ1n) is 6.65. The van der Waals surface area contributed by atoms with E-state index in [0.29, 0.717) is 17.7 Å². The van der Waals surface area contributed by atoms with Crippen LogP contribution in [0, 0.1) is 5.82 Å². The second-order valence-corrected chi connectivity index (χ2v) is 5.15. The summed E-state index contributed by atoms with van der Waals surface area (Å²) >= 11 is 0. The predicted octanol–water partition coefficient (Wildman–Crippen LogP) is 3.29. The van der Waals surface area contributed by atoms with E-state index in [9.17, 15) is 9.50 Å². The highest BCUT2D eigenvalue weighted by Crippen LogP contribution is 2.29. The van der Waals surface area contributed by atoms with Gasteiger partial charge in [-0.25, -0.2) is 4.39 Å². The fourth-order valence-electron chi connectivity index (χ4n) is 2.28. The maximum absolute atomic E-state index is 13.7. The van der Waals surface area contributed by atoms with Crippen LogP contribution >= 0.6 is 0 Å². The molecule has 0 heterocycles. The van der Waals surface area contributed by atoms with Crippen LogP contribution < -0.4 is 9.47 Å². The topological polar surface area (TPSA) is 38.7 Å². The van der Waals surface area contributed by atoms with Gasteiger partial charge in [-0.2, -0.15) is 0 Å². The Morgan fingerprint density at radius 2 is 1.86 bits per heavy atom. The molecule has 0 fully saturated rings. The molecule has 21 heavy (non-hydrogen) atoms. The highest BCUT2D eigenvalue weighted by atomic mass is 19.1. The summed E-state index contributed by atoms with van der Waals surface area (Å²) in [5.41, 5.74) is 0.300. The molecule has 0 bridgehead atoms. The molecule has 4 heteroatoms. The summed E-state index contributed by atoms with van der Waals surface area (Å²) in [5.74, 6) is 0.435. The zero-order valence-electron chi connectivity index (χ0n) is 12.4. The molecule has 2 aromatic carbocycles. The second kappa shape index (κ2) is 6.14. The minimum atomic E-state index is -1.12. The van der Waals surface area contributed by atoms with Crippen LogP contribution in [0.25, 0.3) is 0 Å².